The lowest BCUT2D eigenvalue weighted by Gasteiger charge is -2.24. The van der Waals surface area contributed by atoms with Gasteiger partial charge in [-0.2, -0.15) is 0 Å². The highest BCUT2D eigenvalue weighted by Gasteiger charge is 2.25. The molecule has 11 heavy (non-hydrogen) atoms. The maximum atomic E-state index is 9.99. The molecule has 0 heterocycles. The number of alkyl halides is 1. The molecule has 2 atom stereocenters. The monoisotopic (exact) mass is 271 g/mol. The van der Waals surface area contributed by atoms with Crippen LogP contribution < -0.4 is 0 Å². The summed E-state index contributed by atoms with van der Waals surface area (Å²) in [5, 5.41) is 9.31. The van der Waals surface area contributed by atoms with Crippen LogP contribution in [0.1, 0.15) is 25.7 Å². The zero-order valence-electron chi connectivity index (χ0n) is 6.03. The predicted octanol–water partition coefficient (Wildman–Crippen LogP) is 1.94. The van der Waals surface area contributed by atoms with E-state index in [2.05, 4.69) is 27.4 Å². The molecule has 2 unspecified atom stereocenters. The Kier molecular flexibility index (Phi) is 3.35. The Labute approximate surface area is 78.5 Å². The van der Waals surface area contributed by atoms with E-state index in [0.29, 0.717) is 3.92 Å². The number of hydrogen-bond acceptors (Lipinski definition) is 3. The average Bonchev–Trinajstić information content (AvgIpc) is 1.93. The Morgan fingerprint density at radius 1 is 1.45 bits per heavy atom. The van der Waals surface area contributed by atoms with Gasteiger partial charge in [0, 0.05) is 3.92 Å². The lowest BCUT2D eigenvalue weighted by molar-refractivity contribution is -0.768. The molecule has 1 rings (SSSR count). The Morgan fingerprint density at radius 3 is 2.64 bits per heavy atom. The van der Waals surface area contributed by atoms with Crippen LogP contribution in [-0.4, -0.2) is 15.1 Å². The van der Waals surface area contributed by atoms with Gasteiger partial charge < -0.3 is 4.84 Å². The van der Waals surface area contributed by atoms with Gasteiger partial charge in [-0.05, 0) is 12.8 Å². The quantitative estimate of drug-likeness (QED) is 0.334. The molecule has 1 fully saturated rings. The van der Waals surface area contributed by atoms with Crippen LogP contribution >= 0.6 is 22.6 Å². The van der Waals surface area contributed by atoms with E-state index in [1.807, 2.05) is 0 Å². The van der Waals surface area contributed by atoms with E-state index in [-0.39, 0.29) is 6.10 Å². The molecule has 0 aromatic rings. The summed E-state index contributed by atoms with van der Waals surface area (Å²) in [5.41, 5.74) is 0. The molecule has 0 radical (unpaired) electrons. The molecule has 0 spiro atoms. The van der Waals surface area contributed by atoms with Crippen LogP contribution in [0, 0.1) is 10.1 Å². The second-order valence-corrected chi connectivity index (χ2v) is 4.27. The second kappa shape index (κ2) is 4.08. The van der Waals surface area contributed by atoms with Crippen molar-refractivity contribution < 1.29 is 9.92 Å². The van der Waals surface area contributed by atoms with Crippen LogP contribution in [0.3, 0.4) is 0 Å². The van der Waals surface area contributed by atoms with Gasteiger partial charge in [-0.25, -0.2) is 0 Å². The average molecular weight is 271 g/mol. The molecule has 1 saturated carbocycles. The minimum Gasteiger partial charge on any atom is -0.309 e. The first kappa shape index (κ1) is 9.02. The van der Waals surface area contributed by atoms with Crippen molar-refractivity contribution in [3.63, 3.8) is 0 Å². The molecular weight excluding hydrogens is 261 g/mol. The van der Waals surface area contributed by atoms with Crippen LogP contribution in [0.25, 0.3) is 0 Å². The third-order valence-electron chi connectivity index (χ3n) is 1.84. The van der Waals surface area contributed by atoms with Crippen molar-refractivity contribution in [2.45, 2.75) is 35.7 Å². The van der Waals surface area contributed by atoms with Crippen LogP contribution in [0.4, 0.5) is 0 Å². The van der Waals surface area contributed by atoms with E-state index in [1.165, 1.54) is 6.42 Å². The Bertz CT molecular complexity index is 153. The maximum absolute atomic E-state index is 9.99. The first-order chi connectivity index (χ1) is 5.20. The molecule has 0 amide bonds. The van der Waals surface area contributed by atoms with Crippen molar-refractivity contribution in [1.29, 1.82) is 0 Å². The summed E-state index contributed by atoms with van der Waals surface area (Å²) < 4.78 is 0.312. The summed E-state index contributed by atoms with van der Waals surface area (Å²) in [7, 11) is 0. The summed E-state index contributed by atoms with van der Waals surface area (Å²) in [6, 6.07) is 0. The summed E-state index contributed by atoms with van der Waals surface area (Å²) in [6.07, 6.45) is 3.93. The minimum absolute atomic E-state index is 0.167. The maximum Gasteiger partial charge on any atom is 0.294 e. The minimum atomic E-state index is -0.679. The second-order valence-electron chi connectivity index (χ2n) is 2.67. The lowest BCUT2D eigenvalue weighted by Crippen LogP contribution is -2.29. The Hall–Kier alpha value is -0.0700. The van der Waals surface area contributed by atoms with Crippen molar-refractivity contribution in [3.8, 4) is 0 Å². The van der Waals surface area contributed by atoms with Gasteiger partial charge in [0.05, 0.1) is 0 Å². The first-order valence-corrected chi connectivity index (χ1v) is 4.90. The Morgan fingerprint density at radius 2 is 2.09 bits per heavy atom. The number of rotatable bonds is 2. The SMILES string of the molecule is O=[N+]([O-])OC1CCCCC1I. The van der Waals surface area contributed by atoms with Gasteiger partial charge in [0.25, 0.3) is 5.09 Å². The fourth-order valence-electron chi connectivity index (χ4n) is 1.28. The van der Waals surface area contributed by atoms with Gasteiger partial charge in [0.15, 0.2) is 0 Å². The van der Waals surface area contributed by atoms with E-state index < -0.39 is 5.09 Å². The zero-order chi connectivity index (χ0) is 8.27. The molecule has 0 saturated heterocycles. The topological polar surface area (TPSA) is 52.4 Å². The van der Waals surface area contributed by atoms with E-state index in [0.717, 1.165) is 19.3 Å². The number of nitrogens with zero attached hydrogens (tertiary/aromatic N) is 1. The van der Waals surface area contributed by atoms with Gasteiger partial charge in [-0.15, -0.1) is 10.1 Å². The first-order valence-electron chi connectivity index (χ1n) is 3.65. The van der Waals surface area contributed by atoms with Gasteiger partial charge in [-0.1, -0.05) is 35.4 Å². The highest BCUT2D eigenvalue weighted by atomic mass is 127. The number of halogens is 1. The van der Waals surface area contributed by atoms with Crippen molar-refractivity contribution in [3.05, 3.63) is 10.1 Å². The lowest BCUT2D eigenvalue weighted by atomic mass is 9.98. The van der Waals surface area contributed by atoms with Crippen LogP contribution in [0.15, 0.2) is 0 Å². The van der Waals surface area contributed by atoms with Crippen LogP contribution in [-0.2, 0) is 4.84 Å². The van der Waals surface area contributed by atoms with Crippen molar-refractivity contribution in [2.75, 3.05) is 0 Å². The molecule has 1 aliphatic carbocycles. The van der Waals surface area contributed by atoms with Crippen molar-refractivity contribution >= 4 is 22.6 Å². The molecule has 0 bridgehead atoms. The van der Waals surface area contributed by atoms with Gasteiger partial charge in [0.2, 0.25) is 0 Å². The van der Waals surface area contributed by atoms with E-state index in [1.54, 1.807) is 0 Å². The van der Waals surface area contributed by atoms with Gasteiger partial charge in [-0.3, -0.25) is 0 Å². The third kappa shape index (κ3) is 2.80. The van der Waals surface area contributed by atoms with Crippen LogP contribution in [0.2, 0.25) is 0 Å². The summed E-state index contributed by atoms with van der Waals surface area (Å²) in [4.78, 5) is 14.5. The predicted molar refractivity (Wildman–Crippen MR) is 48.1 cm³/mol. The molecule has 0 aliphatic heterocycles. The van der Waals surface area contributed by atoms with Crippen LogP contribution in [0.5, 0.6) is 0 Å². The molecule has 64 valence electrons. The molecule has 1 aliphatic rings. The molecule has 0 aromatic carbocycles. The summed E-state index contributed by atoms with van der Waals surface area (Å²) >= 11 is 2.22. The normalized spacial score (nSPS) is 31.4. The molecule has 4 nitrogen and oxygen atoms in total. The van der Waals surface area contributed by atoms with Gasteiger partial charge >= 0.3 is 0 Å². The standard InChI is InChI=1S/C6H10INO3/c7-5-3-1-2-4-6(5)11-8(9)10/h5-6H,1-4H2. The third-order valence-corrected chi connectivity index (χ3v) is 3.27. The van der Waals surface area contributed by atoms with Crippen molar-refractivity contribution in [2.24, 2.45) is 0 Å². The van der Waals surface area contributed by atoms with E-state index in [9.17, 15) is 10.1 Å². The summed E-state index contributed by atoms with van der Waals surface area (Å²) in [6.45, 7) is 0. The fraction of sp³-hybridized carbons (Fsp3) is 1.00. The zero-order valence-corrected chi connectivity index (χ0v) is 8.19. The van der Waals surface area contributed by atoms with E-state index in [4.69, 9.17) is 0 Å². The largest absolute Gasteiger partial charge is 0.309 e. The van der Waals surface area contributed by atoms with E-state index >= 15 is 0 Å². The molecular formula is C6H10INO3. The smallest absolute Gasteiger partial charge is 0.294 e. The Balaban J connectivity index is 2.35. The molecule has 0 aromatic heterocycles. The molecule has 0 N–H and O–H groups in total. The highest BCUT2D eigenvalue weighted by molar-refractivity contribution is 14.1. The highest BCUT2D eigenvalue weighted by Crippen LogP contribution is 2.27. The summed E-state index contributed by atoms with van der Waals surface area (Å²) in [5.74, 6) is 0. The van der Waals surface area contributed by atoms with Crippen molar-refractivity contribution in [1.82, 2.24) is 0 Å². The fourth-order valence-corrected chi connectivity index (χ4v) is 2.21. The molecule has 5 heteroatoms. The van der Waals surface area contributed by atoms with Gasteiger partial charge in [0.1, 0.15) is 6.10 Å². The number of hydrogen-bond donors (Lipinski definition) is 0.